The number of carbonyl (C=O) groups excluding carboxylic acids is 3. The molecule has 4 amide bonds. The summed E-state index contributed by atoms with van der Waals surface area (Å²) in [4.78, 5) is 47.1. The molecule has 0 aromatic carbocycles. The van der Waals surface area contributed by atoms with Crippen LogP contribution in [0, 0.1) is 0 Å². The third kappa shape index (κ3) is 9.79. The van der Waals surface area contributed by atoms with E-state index in [2.05, 4.69) is 43.1 Å². The SMILES string of the molecule is CN1CCN(CCCC(NC(=O)Nc2ccsc2)c2ccc(C(=O)Nc3cscc3NC(=O)OC(C)(C)C)nc2)CC1. The smallest absolute Gasteiger partial charge is 0.412 e. The van der Waals surface area contributed by atoms with Crippen LogP contribution in [-0.2, 0) is 4.74 Å². The lowest BCUT2D eigenvalue weighted by atomic mass is 10.0. The lowest BCUT2D eigenvalue weighted by Gasteiger charge is -2.32. The van der Waals surface area contributed by atoms with Crippen LogP contribution < -0.4 is 21.3 Å². The van der Waals surface area contributed by atoms with Crippen LogP contribution in [-0.4, -0.2) is 78.2 Å². The Morgan fingerprint density at radius 1 is 0.976 bits per heavy atom. The number of nitrogens with one attached hydrogen (secondary N) is 4. The van der Waals surface area contributed by atoms with Crippen molar-refractivity contribution in [1.29, 1.82) is 0 Å². The highest BCUT2D eigenvalue weighted by Gasteiger charge is 2.21. The van der Waals surface area contributed by atoms with Crippen molar-refractivity contribution in [2.45, 2.75) is 45.3 Å². The topological polar surface area (TPSA) is 128 Å². The summed E-state index contributed by atoms with van der Waals surface area (Å²) < 4.78 is 5.31. The second-order valence-corrected chi connectivity index (χ2v) is 12.7. The van der Waals surface area contributed by atoms with Crippen molar-refractivity contribution in [3.8, 4) is 0 Å². The largest absolute Gasteiger partial charge is 0.444 e. The first-order valence-corrected chi connectivity index (χ1v) is 15.8. The number of pyridine rings is 1. The van der Waals surface area contributed by atoms with Gasteiger partial charge in [0.2, 0.25) is 0 Å². The molecule has 11 nitrogen and oxygen atoms in total. The van der Waals surface area contributed by atoms with Gasteiger partial charge < -0.3 is 30.5 Å². The average Bonchev–Trinajstić information content (AvgIpc) is 3.60. The first-order valence-electron chi connectivity index (χ1n) is 13.9. The fraction of sp³-hybridized carbons (Fsp3) is 0.448. The maximum Gasteiger partial charge on any atom is 0.412 e. The third-order valence-corrected chi connectivity index (χ3v) is 8.04. The second kappa shape index (κ2) is 14.6. The van der Waals surface area contributed by atoms with E-state index < -0.39 is 17.6 Å². The monoisotopic (exact) mass is 613 g/mol. The van der Waals surface area contributed by atoms with Gasteiger partial charge in [-0.2, -0.15) is 11.3 Å². The van der Waals surface area contributed by atoms with Gasteiger partial charge >= 0.3 is 12.1 Å². The zero-order valence-electron chi connectivity index (χ0n) is 24.4. The van der Waals surface area contributed by atoms with Gasteiger partial charge in [0.05, 0.1) is 23.1 Å². The van der Waals surface area contributed by atoms with Gasteiger partial charge in [0.15, 0.2) is 0 Å². The highest BCUT2D eigenvalue weighted by Crippen LogP contribution is 2.28. The van der Waals surface area contributed by atoms with E-state index in [9.17, 15) is 14.4 Å². The quantitative estimate of drug-likeness (QED) is 0.231. The molecular formula is C29H39N7O4S2. The number of nitrogens with zero attached hydrogens (tertiary/aromatic N) is 3. The second-order valence-electron chi connectivity index (χ2n) is 11.2. The van der Waals surface area contributed by atoms with Crippen molar-refractivity contribution >= 4 is 57.8 Å². The summed E-state index contributed by atoms with van der Waals surface area (Å²) in [6, 6.07) is 4.75. The molecule has 1 unspecified atom stereocenters. The molecule has 3 aromatic rings. The Bertz CT molecular complexity index is 1310. The summed E-state index contributed by atoms with van der Waals surface area (Å²) in [7, 11) is 2.14. The fourth-order valence-electron chi connectivity index (χ4n) is 4.41. The van der Waals surface area contributed by atoms with Crippen molar-refractivity contribution in [2.24, 2.45) is 0 Å². The molecule has 1 saturated heterocycles. The lowest BCUT2D eigenvalue weighted by Crippen LogP contribution is -2.44. The maximum atomic E-state index is 13.0. The van der Waals surface area contributed by atoms with Crippen molar-refractivity contribution in [3.05, 3.63) is 57.2 Å². The summed E-state index contributed by atoms with van der Waals surface area (Å²) in [5.41, 5.74) is 2.03. The minimum absolute atomic E-state index is 0.215. The zero-order valence-corrected chi connectivity index (χ0v) is 26.1. The molecule has 0 saturated carbocycles. The number of carbonyl (C=O) groups is 3. The number of urea groups is 1. The summed E-state index contributed by atoms with van der Waals surface area (Å²) in [5, 5.41) is 18.7. The molecule has 1 aliphatic heterocycles. The van der Waals surface area contributed by atoms with Crippen LogP contribution in [0.2, 0.25) is 0 Å². The van der Waals surface area contributed by atoms with Gasteiger partial charge in [0, 0.05) is 48.5 Å². The molecule has 4 heterocycles. The van der Waals surface area contributed by atoms with Gasteiger partial charge in [-0.3, -0.25) is 15.1 Å². The number of anilines is 3. The van der Waals surface area contributed by atoms with Gasteiger partial charge in [-0.1, -0.05) is 6.07 Å². The van der Waals surface area contributed by atoms with Crippen molar-refractivity contribution in [1.82, 2.24) is 20.1 Å². The Balaban J connectivity index is 1.38. The standard InChI is InChI=1S/C29H39N7O4S2/c1-29(2,3)40-28(39)34-25-19-42-18-24(25)32-26(37)23-8-7-20(16-30-23)22(33-27(38)31-21-9-15-41-17-21)6-5-10-36-13-11-35(4)12-14-36/h7-9,15-19,22H,5-6,10-14H2,1-4H3,(H,32,37)(H,34,39)(H2,31,33,38). The average molecular weight is 614 g/mol. The van der Waals surface area contributed by atoms with Crippen LogP contribution in [0.25, 0.3) is 0 Å². The number of piperazine rings is 1. The molecule has 1 fully saturated rings. The summed E-state index contributed by atoms with van der Waals surface area (Å²) in [6.45, 7) is 10.5. The van der Waals surface area contributed by atoms with E-state index in [1.807, 2.05) is 22.9 Å². The van der Waals surface area contributed by atoms with E-state index in [-0.39, 0.29) is 17.8 Å². The van der Waals surface area contributed by atoms with E-state index in [4.69, 9.17) is 4.74 Å². The van der Waals surface area contributed by atoms with E-state index >= 15 is 0 Å². The first kappa shape index (κ1) is 31.4. The number of ether oxygens (including phenoxy) is 1. The number of hydrogen-bond donors (Lipinski definition) is 4. The normalized spacial score (nSPS) is 15.0. The number of rotatable bonds is 10. The van der Waals surface area contributed by atoms with E-state index in [0.717, 1.165) is 56.8 Å². The number of thiophene rings is 2. The van der Waals surface area contributed by atoms with Crippen LogP contribution in [0.5, 0.6) is 0 Å². The van der Waals surface area contributed by atoms with Crippen molar-refractivity contribution in [3.63, 3.8) is 0 Å². The molecular weight excluding hydrogens is 574 g/mol. The van der Waals surface area contributed by atoms with Gasteiger partial charge in [0.25, 0.3) is 5.91 Å². The molecule has 0 spiro atoms. The molecule has 4 rings (SSSR count). The lowest BCUT2D eigenvalue weighted by molar-refractivity contribution is 0.0635. The van der Waals surface area contributed by atoms with Crippen LogP contribution in [0.4, 0.5) is 26.7 Å². The fourth-order valence-corrected chi connectivity index (χ4v) is 5.71. The molecule has 1 atom stereocenters. The molecule has 0 aliphatic carbocycles. The maximum absolute atomic E-state index is 13.0. The van der Waals surface area contributed by atoms with Crippen LogP contribution in [0.3, 0.4) is 0 Å². The molecule has 0 bridgehead atoms. The van der Waals surface area contributed by atoms with Gasteiger partial charge in [-0.05, 0) is 70.3 Å². The Morgan fingerprint density at radius 2 is 1.71 bits per heavy atom. The number of aromatic nitrogens is 1. The Kier molecular flexibility index (Phi) is 10.9. The van der Waals surface area contributed by atoms with E-state index in [0.29, 0.717) is 11.4 Å². The van der Waals surface area contributed by atoms with E-state index in [1.165, 1.54) is 22.7 Å². The zero-order chi connectivity index (χ0) is 30.1. The number of likely N-dealkylation sites (N-methyl/N-ethyl adjacent to an activating group) is 1. The highest BCUT2D eigenvalue weighted by molar-refractivity contribution is 7.09. The van der Waals surface area contributed by atoms with Gasteiger partial charge in [-0.25, -0.2) is 9.59 Å². The third-order valence-electron chi connectivity index (χ3n) is 6.61. The predicted molar refractivity (Wildman–Crippen MR) is 169 cm³/mol. The Morgan fingerprint density at radius 3 is 2.36 bits per heavy atom. The van der Waals surface area contributed by atoms with Crippen LogP contribution >= 0.6 is 22.7 Å². The summed E-state index contributed by atoms with van der Waals surface area (Å²) in [5.74, 6) is -0.415. The molecule has 4 N–H and O–H groups in total. The minimum Gasteiger partial charge on any atom is -0.444 e. The van der Waals surface area contributed by atoms with Crippen LogP contribution in [0.1, 0.15) is 55.7 Å². The van der Waals surface area contributed by atoms with Crippen molar-refractivity contribution in [2.75, 3.05) is 55.7 Å². The molecule has 0 radical (unpaired) electrons. The highest BCUT2D eigenvalue weighted by atomic mass is 32.1. The molecule has 226 valence electrons. The molecule has 13 heteroatoms. The summed E-state index contributed by atoms with van der Waals surface area (Å²) in [6.07, 6.45) is 2.66. The summed E-state index contributed by atoms with van der Waals surface area (Å²) >= 11 is 2.85. The Hall–Kier alpha value is -3.52. The number of amides is 4. The van der Waals surface area contributed by atoms with E-state index in [1.54, 1.807) is 43.8 Å². The van der Waals surface area contributed by atoms with Crippen molar-refractivity contribution < 1.29 is 19.1 Å². The van der Waals surface area contributed by atoms with Gasteiger partial charge in [-0.15, -0.1) is 11.3 Å². The molecule has 3 aromatic heterocycles. The predicted octanol–water partition coefficient (Wildman–Crippen LogP) is 5.69. The minimum atomic E-state index is -0.642. The Labute approximate surface area is 254 Å². The molecule has 42 heavy (non-hydrogen) atoms. The number of hydrogen-bond acceptors (Lipinski definition) is 9. The van der Waals surface area contributed by atoms with Gasteiger partial charge in [0.1, 0.15) is 11.3 Å². The first-order chi connectivity index (χ1) is 20.1. The molecule has 1 aliphatic rings. The van der Waals surface area contributed by atoms with Crippen LogP contribution in [0.15, 0.2) is 45.9 Å².